The molecule has 1 aliphatic rings. The Labute approximate surface area is 142 Å². The molecule has 0 spiro atoms. The number of aromatic nitrogens is 4. The maximum absolute atomic E-state index is 5.79. The zero-order chi connectivity index (χ0) is 16.9. The van der Waals surface area contributed by atoms with E-state index in [1.807, 2.05) is 33.0 Å². The van der Waals surface area contributed by atoms with Crippen LogP contribution in [-0.4, -0.2) is 52.4 Å². The Morgan fingerprint density at radius 2 is 2.12 bits per heavy atom. The summed E-state index contributed by atoms with van der Waals surface area (Å²) in [7, 11) is 2.03. The van der Waals surface area contributed by atoms with Crippen molar-refractivity contribution in [1.29, 1.82) is 0 Å². The molecule has 0 radical (unpaired) electrons. The number of rotatable bonds is 6. The lowest BCUT2D eigenvalue weighted by atomic mass is 10.2. The van der Waals surface area contributed by atoms with Crippen LogP contribution in [0.3, 0.4) is 0 Å². The number of likely N-dealkylation sites (N-methyl/N-ethyl adjacent to an activating group) is 1. The SMILES string of the molecule is CC(C)Oc1nccnc1N(C)CC1CCCN1c1cccnn1. The van der Waals surface area contributed by atoms with Crippen LogP contribution in [-0.2, 0) is 0 Å². The van der Waals surface area contributed by atoms with Gasteiger partial charge < -0.3 is 14.5 Å². The molecule has 0 aliphatic carbocycles. The van der Waals surface area contributed by atoms with E-state index >= 15 is 0 Å². The molecule has 0 N–H and O–H groups in total. The zero-order valence-corrected chi connectivity index (χ0v) is 14.5. The smallest absolute Gasteiger partial charge is 0.257 e. The van der Waals surface area contributed by atoms with Crippen molar-refractivity contribution in [3.05, 3.63) is 30.7 Å². The Morgan fingerprint density at radius 3 is 2.88 bits per heavy atom. The molecule has 2 aromatic heterocycles. The monoisotopic (exact) mass is 328 g/mol. The summed E-state index contributed by atoms with van der Waals surface area (Å²) >= 11 is 0. The van der Waals surface area contributed by atoms with Crippen LogP contribution in [0.15, 0.2) is 30.7 Å². The highest BCUT2D eigenvalue weighted by Gasteiger charge is 2.28. The fraction of sp³-hybridized carbons (Fsp3) is 0.529. The van der Waals surface area contributed by atoms with E-state index in [0.717, 1.165) is 37.6 Å². The van der Waals surface area contributed by atoms with Gasteiger partial charge in [0.1, 0.15) is 0 Å². The largest absolute Gasteiger partial charge is 0.472 e. The van der Waals surface area contributed by atoms with Crippen LogP contribution in [0, 0.1) is 0 Å². The molecule has 0 amide bonds. The molecule has 1 saturated heterocycles. The summed E-state index contributed by atoms with van der Waals surface area (Å²) in [6, 6.07) is 4.32. The number of anilines is 2. The summed E-state index contributed by atoms with van der Waals surface area (Å²) in [6.45, 7) is 5.83. The van der Waals surface area contributed by atoms with E-state index in [4.69, 9.17) is 4.74 Å². The molecule has 0 aromatic carbocycles. The molecule has 128 valence electrons. The van der Waals surface area contributed by atoms with E-state index < -0.39 is 0 Å². The van der Waals surface area contributed by atoms with Gasteiger partial charge in [0.25, 0.3) is 5.88 Å². The molecule has 1 atom stereocenters. The third-order valence-electron chi connectivity index (χ3n) is 4.07. The van der Waals surface area contributed by atoms with Crippen molar-refractivity contribution in [3.63, 3.8) is 0 Å². The first-order valence-corrected chi connectivity index (χ1v) is 8.38. The second-order valence-corrected chi connectivity index (χ2v) is 6.30. The van der Waals surface area contributed by atoms with Gasteiger partial charge in [0.15, 0.2) is 11.6 Å². The molecule has 1 aliphatic heterocycles. The Balaban J connectivity index is 1.74. The zero-order valence-electron chi connectivity index (χ0n) is 14.5. The van der Waals surface area contributed by atoms with Crippen LogP contribution in [0.4, 0.5) is 11.6 Å². The lowest BCUT2D eigenvalue weighted by Gasteiger charge is -2.30. The number of hydrogen-bond donors (Lipinski definition) is 0. The van der Waals surface area contributed by atoms with Gasteiger partial charge in [-0.15, -0.1) is 5.10 Å². The third-order valence-corrected chi connectivity index (χ3v) is 4.07. The van der Waals surface area contributed by atoms with Gasteiger partial charge in [-0.25, -0.2) is 9.97 Å². The van der Waals surface area contributed by atoms with Crippen LogP contribution in [0.5, 0.6) is 5.88 Å². The third kappa shape index (κ3) is 3.72. The van der Waals surface area contributed by atoms with E-state index in [1.54, 1.807) is 18.6 Å². The van der Waals surface area contributed by atoms with Crippen molar-refractivity contribution in [2.24, 2.45) is 0 Å². The maximum Gasteiger partial charge on any atom is 0.257 e. The summed E-state index contributed by atoms with van der Waals surface area (Å²) in [4.78, 5) is 13.2. The molecule has 1 unspecified atom stereocenters. The topological polar surface area (TPSA) is 67.3 Å². The summed E-state index contributed by atoms with van der Waals surface area (Å²) in [6.07, 6.45) is 7.42. The number of ether oxygens (including phenoxy) is 1. The lowest BCUT2D eigenvalue weighted by Crippen LogP contribution is -2.40. The van der Waals surface area contributed by atoms with Gasteiger partial charge in [-0.05, 0) is 38.8 Å². The Hall–Kier alpha value is -2.44. The molecule has 1 fully saturated rings. The van der Waals surface area contributed by atoms with E-state index in [9.17, 15) is 0 Å². The van der Waals surface area contributed by atoms with Gasteiger partial charge in [0.2, 0.25) is 0 Å². The first kappa shape index (κ1) is 16.4. The van der Waals surface area contributed by atoms with Crippen LogP contribution in [0.1, 0.15) is 26.7 Å². The molecule has 7 heteroatoms. The van der Waals surface area contributed by atoms with Gasteiger partial charge in [0, 0.05) is 44.8 Å². The second-order valence-electron chi connectivity index (χ2n) is 6.30. The maximum atomic E-state index is 5.79. The van der Waals surface area contributed by atoms with Crippen molar-refractivity contribution >= 4 is 11.6 Å². The molecule has 0 bridgehead atoms. The van der Waals surface area contributed by atoms with Crippen LogP contribution >= 0.6 is 0 Å². The summed E-state index contributed by atoms with van der Waals surface area (Å²) < 4.78 is 5.79. The Kier molecular flexibility index (Phi) is 5.08. The van der Waals surface area contributed by atoms with E-state index in [0.29, 0.717) is 11.9 Å². The highest BCUT2D eigenvalue weighted by atomic mass is 16.5. The van der Waals surface area contributed by atoms with Crippen molar-refractivity contribution in [2.75, 3.05) is 29.9 Å². The standard InChI is InChI=1S/C17H24N6O/c1-13(2)24-17-16(18-9-10-19-17)22(3)12-14-6-5-11-23(14)15-7-4-8-20-21-15/h4,7-10,13-14H,5-6,11-12H2,1-3H3. The highest BCUT2D eigenvalue weighted by molar-refractivity contribution is 5.48. The molecule has 24 heavy (non-hydrogen) atoms. The normalized spacial score (nSPS) is 17.3. The van der Waals surface area contributed by atoms with E-state index in [-0.39, 0.29) is 6.10 Å². The molecule has 0 saturated carbocycles. The first-order chi connectivity index (χ1) is 11.6. The highest BCUT2D eigenvalue weighted by Crippen LogP contribution is 2.27. The first-order valence-electron chi connectivity index (χ1n) is 8.38. The average molecular weight is 328 g/mol. The van der Waals surface area contributed by atoms with E-state index in [1.165, 1.54) is 0 Å². The predicted molar refractivity (Wildman–Crippen MR) is 93.5 cm³/mol. The van der Waals surface area contributed by atoms with Crippen LogP contribution in [0.25, 0.3) is 0 Å². The van der Waals surface area contributed by atoms with Gasteiger partial charge in [-0.1, -0.05) is 0 Å². The molecule has 3 rings (SSSR count). The van der Waals surface area contributed by atoms with Gasteiger partial charge in [-0.2, -0.15) is 5.10 Å². The Bertz CT molecular complexity index is 651. The quantitative estimate of drug-likeness (QED) is 0.805. The molecule has 7 nitrogen and oxygen atoms in total. The predicted octanol–water partition coefficient (Wildman–Crippen LogP) is 2.16. The van der Waals surface area contributed by atoms with Crippen molar-refractivity contribution in [1.82, 2.24) is 20.2 Å². The van der Waals surface area contributed by atoms with E-state index in [2.05, 4.69) is 30.0 Å². The second kappa shape index (κ2) is 7.42. The minimum atomic E-state index is 0.0661. The fourth-order valence-corrected chi connectivity index (χ4v) is 3.06. The van der Waals surface area contributed by atoms with Gasteiger partial charge in [-0.3, -0.25) is 0 Å². The van der Waals surface area contributed by atoms with Crippen molar-refractivity contribution in [2.45, 2.75) is 38.8 Å². The lowest BCUT2D eigenvalue weighted by molar-refractivity contribution is 0.232. The minimum absolute atomic E-state index is 0.0661. The van der Waals surface area contributed by atoms with Crippen molar-refractivity contribution in [3.8, 4) is 5.88 Å². The summed E-state index contributed by atoms with van der Waals surface area (Å²) in [5.41, 5.74) is 0. The fourth-order valence-electron chi connectivity index (χ4n) is 3.06. The number of hydrogen-bond acceptors (Lipinski definition) is 7. The molecule has 3 heterocycles. The summed E-state index contributed by atoms with van der Waals surface area (Å²) in [5, 5.41) is 8.25. The van der Waals surface area contributed by atoms with Gasteiger partial charge in [0.05, 0.1) is 6.10 Å². The van der Waals surface area contributed by atoms with Gasteiger partial charge >= 0.3 is 0 Å². The van der Waals surface area contributed by atoms with Crippen LogP contribution < -0.4 is 14.5 Å². The molecular weight excluding hydrogens is 304 g/mol. The van der Waals surface area contributed by atoms with Crippen LogP contribution in [0.2, 0.25) is 0 Å². The molecule has 2 aromatic rings. The minimum Gasteiger partial charge on any atom is -0.472 e. The average Bonchev–Trinajstić information content (AvgIpc) is 3.03. The Morgan fingerprint density at radius 1 is 1.29 bits per heavy atom. The summed E-state index contributed by atoms with van der Waals surface area (Å²) in [5.74, 6) is 2.29. The molecular formula is C17H24N6O. The number of nitrogens with zero attached hydrogens (tertiary/aromatic N) is 6. The van der Waals surface area contributed by atoms with Crippen molar-refractivity contribution < 1.29 is 4.74 Å².